The van der Waals surface area contributed by atoms with E-state index < -0.39 is 0 Å². The lowest BCUT2D eigenvalue weighted by molar-refractivity contribution is -0.380. The van der Waals surface area contributed by atoms with Crippen LogP contribution in [0, 0.1) is 24.0 Å². The summed E-state index contributed by atoms with van der Waals surface area (Å²) >= 11 is 1.17. The minimum Gasteiger partial charge on any atom is -0.313 e. The van der Waals surface area contributed by atoms with Crippen LogP contribution in [-0.4, -0.2) is 21.2 Å². The van der Waals surface area contributed by atoms with Crippen LogP contribution in [0.15, 0.2) is 17.5 Å². The molecule has 2 rings (SSSR count). The molecule has 108 valence electrons. The van der Waals surface area contributed by atoms with Crippen molar-refractivity contribution < 1.29 is 4.92 Å². The Hall–Kier alpha value is -1.73. The minimum atomic E-state index is -0.350. The summed E-state index contributed by atoms with van der Waals surface area (Å²) in [6.45, 7) is 6.46. The molecule has 2 aromatic heterocycles. The summed E-state index contributed by atoms with van der Waals surface area (Å²) in [6, 6.07) is 3.69. The Morgan fingerprint density at radius 1 is 1.45 bits per heavy atom. The second-order valence-electron chi connectivity index (χ2n) is 4.73. The van der Waals surface area contributed by atoms with Crippen molar-refractivity contribution in [3.05, 3.63) is 44.6 Å². The molecule has 0 saturated heterocycles. The van der Waals surface area contributed by atoms with E-state index >= 15 is 0 Å². The second kappa shape index (κ2) is 6.62. The summed E-state index contributed by atoms with van der Waals surface area (Å²) in [7, 11) is 0. The summed E-state index contributed by atoms with van der Waals surface area (Å²) in [5.41, 5.74) is 3.19. The van der Waals surface area contributed by atoms with Crippen molar-refractivity contribution in [2.75, 3.05) is 6.54 Å². The normalized spacial score (nSPS) is 10.9. The number of hydrogen-bond acceptors (Lipinski definition) is 5. The summed E-state index contributed by atoms with van der Waals surface area (Å²) in [4.78, 5) is 10.2. The van der Waals surface area contributed by atoms with Gasteiger partial charge >= 0.3 is 5.00 Å². The molecule has 7 heteroatoms. The highest BCUT2D eigenvalue weighted by molar-refractivity contribution is 7.13. The van der Waals surface area contributed by atoms with Gasteiger partial charge in [-0.05, 0) is 38.4 Å². The van der Waals surface area contributed by atoms with Gasteiger partial charge in [-0.1, -0.05) is 11.3 Å². The third-order valence-corrected chi connectivity index (χ3v) is 3.90. The van der Waals surface area contributed by atoms with E-state index in [-0.39, 0.29) is 9.92 Å². The first-order valence-electron chi connectivity index (χ1n) is 6.50. The van der Waals surface area contributed by atoms with Gasteiger partial charge in [0.25, 0.3) is 0 Å². The molecular formula is C13H18N4O2S. The quantitative estimate of drug-likeness (QED) is 0.484. The molecule has 0 atom stereocenters. The lowest BCUT2D eigenvalue weighted by Crippen LogP contribution is -2.16. The lowest BCUT2D eigenvalue weighted by atomic mass is 10.3. The lowest BCUT2D eigenvalue weighted by Gasteiger charge is -2.05. The van der Waals surface area contributed by atoms with Crippen LogP contribution < -0.4 is 5.32 Å². The van der Waals surface area contributed by atoms with E-state index in [2.05, 4.69) is 23.4 Å². The van der Waals surface area contributed by atoms with Crippen LogP contribution in [0.25, 0.3) is 0 Å². The van der Waals surface area contributed by atoms with E-state index in [4.69, 9.17) is 0 Å². The SMILES string of the molecule is Cc1cc(C)n(CCCNCc2csc([N+](=O)[O-])c2)n1. The number of nitrogens with one attached hydrogen (secondary N) is 1. The molecule has 0 spiro atoms. The number of aryl methyl sites for hydroxylation is 3. The molecule has 0 unspecified atom stereocenters. The van der Waals surface area contributed by atoms with Crippen LogP contribution in [0.5, 0.6) is 0 Å². The maximum atomic E-state index is 10.6. The van der Waals surface area contributed by atoms with Gasteiger partial charge in [0.1, 0.15) is 0 Å². The van der Waals surface area contributed by atoms with Crippen molar-refractivity contribution in [1.29, 1.82) is 0 Å². The van der Waals surface area contributed by atoms with Crippen molar-refractivity contribution >= 4 is 16.3 Å². The van der Waals surface area contributed by atoms with E-state index in [9.17, 15) is 10.1 Å². The Labute approximate surface area is 121 Å². The molecule has 0 amide bonds. The predicted octanol–water partition coefficient (Wildman–Crippen LogP) is 2.65. The molecule has 0 aliphatic heterocycles. The topological polar surface area (TPSA) is 73.0 Å². The van der Waals surface area contributed by atoms with Crippen LogP contribution in [0.1, 0.15) is 23.4 Å². The average molecular weight is 294 g/mol. The second-order valence-corrected chi connectivity index (χ2v) is 5.62. The van der Waals surface area contributed by atoms with Crippen molar-refractivity contribution in [2.45, 2.75) is 33.4 Å². The van der Waals surface area contributed by atoms with Gasteiger partial charge in [0.05, 0.1) is 10.6 Å². The van der Waals surface area contributed by atoms with Gasteiger partial charge in [-0.2, -0.15) is 5.10 Å². The van der Waals surface area contributed by atoms with Crippen LogP contribution >= 0.6 is 11.3 Å². The van der Waals surface area contributed by atoms with Crippen molar-refractivity contribution in [1.82, 2.24) is 15.1 Å². The maximum absolute atomic E-state index is 10.6. The Balaban J connectivity index is 1.68. The fourth-order valence-corrected chi connectivity index (χ4v) is 2.77. The molecule has 6 nitrogen and oxygen atoms in total. The number of thiophene rings is 1. The zero-order valence-electron chi connectivity index (χ0n) is 11.6. The largest absolute Gasteiger partial charge is 0.324 e. The maximum Gasteiger partial charge on any atom is 0.324 e. The zero-order valence-corrected chi connectivity index (χ0v) is 12.4. The summed E-state index contributed by atoms with van der Waals surface area (Å²) in [6.07, 6.45) is 0.980. The van der Waals surface area contributed by atoms with E-state index in [1.54, 1.807) is 6.07 Å². The Morgan fingerprint density at radius 2 is 2.25 bits per heavy atom. The molecule has 0 aromatic carbocycles. The number of rotatable bonds is 7. The standard InChI is InChI=1S/C13H18N4O2S/c1-10-6-11(2)16(15-10)5-3-4-14-8-12-7-13(17(18)19)20-9-12/h6-7,9,14H,3-5,8H2,1-2H3. The van der Waals surface area contributed by atoms with Crippen LogP contribution in [0.3, 0.4) is 0 Å². The van der Waals surface area contributed by atoms with Gasteiger partial charge in [-0.15, -0.1) is 0 Å². The minimum absolute atomic E-state index is 0.199. The van der Waals surface area contributed by atoms with Crippen LogP contribution in [-0.2, 0) is 13.1 Å². The summed E-state index contributed by atoms with van der Waals surface area (Å²) in [5.74, 6) is 0. The van der Waals surface area contributed by atoms with E-state index in [0.717, 1.165) is 30.8 Å². The summed E-state index contributed by atoms with van der Waals surface area (Å²) in [5, 5.41) is 20.3. The predicted molar refractivity (Wildman–Crippen MR) is 79.0 cm³/mol. The molecule has 0 radical (unpaired) electrons. The first-order chi connectivity index (χ1) is 9.56. The monoisotopic (exact) mass is 294 g/mol. The molecule has 0 saturated carbocycles. The van der Waals surface area contributed by atoms with E-state index in [1.165, 1.54) is 17.0 Å². The van der Waals surface area contributed by atoms with Crippen molar-refractivity contribution in [3.63, 3.8) is 0 Å². The third kappa shape index (κ3) is 3.88. The zero-order chi connectivity index (χ0) is 14.5. The molecule has 20 heavy (non-hydrogen) atoms. The van der Waals surface area contributed by atoms with Crippen molar-refractivity contribution in [2.24, 2.45) is 0 Å². The Kier molecular flexibility index (Phi) is 4.86. The summed E-state index contributed by atoms with van der Waals surface area (Å²) < 4.78 is 2.01. The molecule has 2 aromatic rings. The van der Waals surface area contributed by atoms with Crippen molar-refractivity contribution in [3.8, 4) is 0 Å². The molecule has 0 aliphatic rings. The number of nitro groups is 1. The molecule has 0 aliphatic carbocycles. The fourth-order valence-electron chi connectivity index (χ4n) is 2.04. The van der Waals surface area contributed by atoms with Gasteiger partial charge < -0.3 is 5.32 Å². The van der Waals surface area contributed by atoms with Crippen LogP contribution in [0.4, 0.5) is 5.00 Å². The van der Waals surface area contributed by atoms with Gasteiger partial charge in [0.15, 0.2) is 0 Å². The van der Waals surface area contributed by atoms with Gasteiger partial charge in [-0.3, -0.25) is 14.8 Å². The van der Waals surface area contributed by atoms with E-state index in [1.807, 2.05) is 17.0 Å². The highest BCUT2D eigenvalue weighted by Crippen LogP contribution is 2.22. The number of aromatic nitrogens is 2. The van der Waals surface area contributed by atoms with E-state index in [0.29, 0.717) is 6.54 Å². The Bertz CT molecular complexity index is 591. The molecular weight excluding hydrogens is 276 g/mol. The highest BCUT2D eigenvalue weighted by Gasteiger charge is 2.08. The highest BCUT2D eigenvalue weighted by atomic mass is 32.1. The number of nitrogens with zero attached hydrogens (tertiary/aromatic N) is 3. The van der Waals surface area contributed by atoms with Gasteiger partial charge in [-0.25, -0.2) is 0 Å². The fraction of sp³-hybridized carbons (Fsp3) is 0.462. The average Bonchev–Trinajstić information content (AvgIpc) is 2.96. The molecule has 2 heterocycles. The number of hydrogen-bond donors (Lipinski definition) is 1. The first kappa shape index (κ1) is 14.7. The molecule has 0 fully saturated rings. The third-order valence-electron chi connectivity index (χ3n) is 2.98. The Morgan fingerprint density at radius 3 is 2.85 bits per heavy atom. The molecule has 1 N–H and O–H groups in total. The van der Waals surface area contributed by atoms with Gasteiger partial charge in [0.2, 0.25) is 0 Å². The first-order valence-corrected chi connectivity index (χ1v) is 7.38. The smallest absolute Gasteiger partial charge is 0.313 e. The van der Waals surface area contributed by atoms with Crippen LogP contribution in [0.2, 0.25) is 0 Å². The molecule has 0 bridgehead atoms. The van der Waals surface area contributed by atoms with Gasteiger partial charge in [0, 0.05) is 30.2 Å².